The summed E-state index contributed by atoms with van der Waals surface area (Å²) in [4.78, 5) is 22.7. The van der Waals surface area contributed by atoms with Gasteiger partial charge in [0, 0.05) is 6.42 Å². The Bertz CT molecular complexity index is 398. The van der Waals surface area contributed by atoms with Crippen molar-refractivity contribution in [2.24, 2.45) is 0 Å². The van der Waals surface area contributed by atoms with Gasteiger partial charge in [-0.1, -0.05) is 13.0 Å². The van der Waals surface area contributed by atoms with E-state index in [1.807, 2.05) is 6.92 Å². The van der Waals surface area contributed by atoms with Crippen molar-refractivity contribution in [2.45, 2.75) is 26.7 Å². The first-order valence-corrected chi connectivity index (χ1v) is 5.65. The molecule has 0 heterocycles. The maximum absolute atomic E-state index is 11.4. The predicted molar refractivity (Wildman–Crippen MR) is 62.9 cm³/mol. The van der Waals surface area contributed by atoms with Crippen molar-refractivity contribution in [2.75, 3.05) is 6.61 Å². The van der Waals surface area contributed by atoms with E-state index in [1.165, 1.54) is 6.07 Å². The molecule has 4 heteroatoms. The van der Waals surface area contributed by atoms with Crippen molar-refractivity contribution in [1.29, 1.82) is 0 Å². The largest absolute Gasteiger partial charge is 0.462 e. The van der Waals surface area contributed by atoms with E-state index in [0.717, 1.165) is 6.42 Å². The van der Waals surface area contributed by atoms with Gasteiger partial charge in [-0.25, -0.2) is 4.79 Å². The smallest absolute Gasteiger partial charge is 0.338 e. The Morgan fingerprint density at radius 3 is 2.65 bits per heavy atom. The highest BCUT2D eigenvalue weighted by atomic mass is 16.5. The molecular formula is C13H16O4. The van der Waals surface area contributed by atoms with Crippen LogP contribution in [0.25, 0.3) is 0 Å². The average Bonchev–Trinajstić information content (AvgIpc) is 2.30. The Hall–Kier alpha value is -1.84. The van der Waals surface area contributed by atoms with Crippen LogP contribution in [-0.4, -0.2) is 18.5 Å². The zero-order valence-corrected chi connectivity index (χ0v) is 10.1. The summed E-state index contributed by atoms with van der Waals surface area (Å²) in [5, 5.41) is 0. The third kappa shape index (κ3) is 4.26. The predicted octanol–water partition coefficient (Wildman–Crippen LogP) is 2.57. The Kier molecular flexibility index (Phi) is 5.20. The number of rotatable bonds is 5. The molecule has 0 atom stereocenters. The summed E-state index contributed by atoms with van der Waals surface area (Å²) in [6.07, 6.45) is 1.10. The number of hydrogen-bond donors (Lipinski definition) is 0. The van der Waals surface area contributed by atoms with E-state index in [0.29, 0.717) is 24.3 Å². The van der Waals surface area contributed by atoms with E-state index in [9.17, 15) is 9.59 Å². The molecule has 0 radical (unpaired) electrons. The van der Waals surface area contributed by atoms with Gasteiger partial charge in [-0.15, -0.1) is 0 Å². The first-order valence-electron chi connectivity index (χ1n) is 5.65. The van der Waals surface area contributed by atoms with Crippen LogP contribution in [0.3, 0.4) is 0 Å². The summed E-state index contributed by atoms with van der Waals surface area (Å²) < 4.78 is 9.93. The number of hydrogen-bond acceptors (Lipinski definition) is 4. The van der Waals surface area contributed by atoms with Crippen LogP contribution < -0.4 is 4.74 Å². The summed E-state index contributed by atoms with van der Waals surface area (Å²) in [7, 11) is 0. The summed E-state index contributed by atoms with van der Waals surface area (Å²) in [5.41, 5.74) is 0.383. The lowest BCUT2D eigenvalue weighted by Crippen LogP contribution is -2.08. The number of carbonyl (C=O) groups excluding carboxylic acids is 2. The second-order valence-corrected chi connectivity index (χ2v) is 3.47. The Balaban J connectivity index is 2.72. The summed E-state index contributed by atoms with van der Waals surface area (Å²) in [5.74, 6) is -0.344. The molecule has 0 aliphatic heterocycles. The maximum Gasteiger partial charge on any atom is 0.338 e. The van der Waals surface area contributed by atoms with Crippen LogP contribution in [-0.2, 0) is 9.53 Å². The second-order valence-electron chi connectivity index (χ2n) is 3.47. The van der Waals surface area contributed by atoms with Crippen LogP contribution in [0.4, 0.5) is 0 Å². The lowest BCUT2D eigenvalue weighted by molar-refractivity contribution is -0.134. The molecule has 0 N–H and O–H groups in total. The zero-order chi connectivity index (χ0) is 12.7. The first kappa shape index (κ1) is 13.2. The molecule has 1 rings (SSSR count). The topological polar surface area (TPSA) is 52.6 Å². The maximum atomic E-state index is 11.4. The van der Waals surface area contributed by atoms with Gasteiger partial charge in [0.15, 0.2) is 0 Å². The minimum atomic E-state index is -0.416. The molecule has 0 bridgehead atoms. The zero-order valence-electron chi connectivity index (χ0n) is 10.1. The van der Waals surface area contributed by atoms with Crippen LogP contribution in [0.5, 0.6) is 5.75 Å². The van der Waals surface area contributed by atoms with E-state index in [4.69, 9.17) is 9.47 Å². The molecule has 1 aromatic carbocycles. The van der Waals surface area contributed by atoms with Gasteiger partial charge in [0.2, 0.25) is 0 Å². The molecular weight excluding hydrogens is 220 g/mol. The first-order chi connectivity index (χ1) is 8.17. The van der Waals surface area contributed by atoms with Crippen molar-refractivity contribution in [3.05, 3.63) is 29.8 Å². The number of ether oxygens (including phenoxy) is 2. The van der Waals surface area contributed by atoms with Gasteiger partial charge in [-0.2, -0.15) is 0 Å². The highest BCUT2D eigenvalue weighted by Crippen LogP contribution is 2.15. The molecule has 0 saturated carbocycles. The van der Waals surface area contributed by atoms with Crippen LogP contribution in [0.2, 0.25) is 0 Å². The molecule has 0 saturated heterocycles. The van der Waals surface area contributed by atoms with Gasteiger partial charge in [0.1, 0.15) is 5.75 Å². The third-order valence-corrected chi connectivity index (χ3v) is 2.03. The molecule has 4 nitrogen and oxygen atoms in total. The highest BCUT2D eigenvalue weighted by molar-refractivity contribution is 5.90. The lowest BCUT2D eigenvalue weighted by Gasteiger charge is -2.05. The standard InChI is InChI=1S/C13H16O4/c1-3-6-12(14)17-11-8-5-7-10(9-11)13(15)16-4-2/h5,7-9H,3-4,6H2,1-2H3. The lowest BCUT2D eigenvalue weighted by atomic mass is 10.2. The minimum Gasteiger partial charge on any atom is -0.462 e. The molecule has 0 aliphatic rings. The molecule has 0 aliphatic carbocycles. The number of esters is 2. The molecule has 1 aromatic rings. The molecule has 0 fully saturated rings. The fraction of sp³-hybridized carbons (Fsp3) is 0.385. The molecule has 92 valence electrons. The molecule has 17 heavy (non-hydrogen) atoms. The Labute approximate surface area is 101 Å². The Morgan fingerprint density at radius 1 is 1.24 bits per heavy atom. The van der Waals surface area contributed by atoms with Crippen molar-refractivity contribution in [3.63, 3.8) is 0 Å². The fourth-order valence-electron chi connectivity index (χ4n) is 1.29. The van der Waals surface area contributed by atoms with Crippen molar-refractivity contribution >= 4 is 11.9 Å². The molecule has 0 aromatic heterocycles. The summed E-state index contributed by atoms with van der Waals surface area (Å²) in [6, 6.07) is 6.41. The summed E-state index contributed by atoms with van der Waals surface area (Å²) in [6.45, 7) is 3.96. The number of carbonyl (C=O) groups is 2. The monoisotopic (exact) mass is 236 g/mol. The number of benzene rings is 1. The van der Waals surface area contributed by atoms with Crippen molar-refractivity contribution < 1.29 is 19.1 Å². The Morgan fingerprint density at radius 2 is 2.00 bits per heavy atom. The fourth-order valence-corrected chi connectivity index (χ4v) is 1.29. The van der Waals surface area contributed by atoms with Crippen LogP contribution in [0.15, 0.2) is 24.3 Å². The third-order valence-electron chi connectivity index (χ3n) is 2.03. The van der Waals surface area contributed by atoms with E-state index < -0.39 is 5.97 Å². The van der Waals surface area contributed by atoms with Gasteiger partial charge in [-0.3, -0.25) is 4.79 Å². The molecule has 0 unspecified atom stereocenters. The normalized spacial score (nSPS) is 9.76. The van der Waals surface area contributed by atoms with Gasteiger partial charge < -0.3 is 9.47 Å². The highest BCUT2D eigenvalue weighted by Gasteiger charge is 2.09. The van der Waals surface area contributed by atoms with Crippen LogP contribution >= 0.6 is 0 Å². The van der Waals surface area contributed by atoms with E-state index in [2.05, 4.69) is 0 Å². The minimum absolute atomic E-state index is 0.298. The molecule has 0 amide bonds. The second kappa shape index (κ2) is 6.68. The SMILES string of the molecule is CCCC(=O)Oc1cccc(C(=O)OCC)c1. The van der Waals surface area contributed by atoms with E-state index in [1.54, 1.807) is 25.1 Å². The van der Waals surface area contributed by atoms with Gasteiger partial charge in [-0.05, 0) is 31.5 Å². The summed E-state index contributed by atoms with van der Waals surface area (Å²) >= 11 is 0. The van der Waals surface area contributed by atoms with Crippen LogP contribution in [0, 0.1) is 0 Å². The van der Waals surface area contributed by atoms with E-state index >= 15 is 0 Å². The van der Waals surface area contributed by atoms with Gasteiger partial charge in [0.25, 0.3) is 0 Å². The molecule has 0 spiro atoms. The quantitative estimate of drug-likeness (QED) is 0.582. The van der Waals surface area contributed by atoms with Crippen LogP contribution in [0.1, 0.15) is 37.0 Å². The van der Waals surface area contributed by atoms with Crippen molar-refractivity contribution in [1.82, 2.24) is 0 Å². The average molecular weight is 236 g/mol. The van der Waals surface area contributed by atoms with Gasteiger partial charge in [0.05, 0.1) is 12.2 Å². The van der Waals surface area contributed by atoms with Crippen molar-refractivity contribution in [3.8, 4) is 5.75 Å². The van der Waals surface area contributed by atoms with Gasteiger partial charge >= 0.3 is 11.9 Å². The van der Waals surface area contributed by atoms with E-state index in [-0.39, 0.29) is 5.97 Å².